The van der Waals surface area contributed by atoms with Crippen LogP contribution in [-0.2, 0) is 12.8 Å². The first-order valence-corrected chi connectivity index (χ1v) is 10.8. The van der Waals surface area contributed by atoms with E-state index in [0.29, 0.717) is 0 Å². The first kappa shape index (κ1) is 21.4. The number of halogens is 1. The first-order valence-electron chi connectivity index (χ1n) is 10.8. The Balaban J connectivity index is 1.70. The zero-order chi connectivity index (χ0) is 22.5. The minimum absolute atomic E-state index is 0.189. The fraction of sp³-hybridized carbons (Fsp3) is 0.133. The maximum Gasteiger partial charge on any atom is 0.123 e. The lowest BCUT2D eigenvalue weighted by Gasteiger charge is -2.10. The molecule has 0 saturated heterocycles. The van der Waals surface area contributed by atoms with Crippen LogP contribution in [0.3, 0.4) is 0 Å². The maximum absolute atomic E-state index is 13.6. The summed E-state index contributed by atoms with van der Waals surface area (Å²) in [6.45, 7) is 7.89. The summed E-state index contributed by atoms with van der Waals surface area (Å²) in [6.07, 6.45) is 5.85. The molecule has 0 fully saturated rings. The summed E-state index contributed by atoms with van der Waals surface area (Å²) in [5, 5.41) is 0. The number of hydrogen-bond donors (Lipinski definition) is 0. The van der Waals surface area contributed by atoms with Crippen LogP contribution in [0.2, 0.25) is 0 Å². The van der Waals surface area contributed by atoms with E-state index in [1.807, 2.05) is 19.9 Å². The molecule has 0 spiro atoms. The van der Waals surface area contributed by atoms with Crippen LogP contribution < -0.4 is 0 Å². The second-order valence-corrected chi connectivity index (χ2v) is 7.98. The molecule has 0 saturated carbocycles. The number of nitrogens with zero attached hydrogens (tertiary/aromatic N) is 1. The highest BCUT2D eigenvalue weighted by Crippen LogP contribution is 2.30. The molecule has 0 aliphatic carbocycles. The highest BCUT2D eigenvalue weighted by atomic mass is 19.1. The van der Waals surface area contributed by atoms with Gasteiger partial charge in [0.05, 0.1) is 5.56 Å². The molecule has 0 unspecified atom stereocenters. The van der Waals surface area contributed by atoms with Crippen molar-refractivity contribution < 1.29 is 4.39 Å². The number of hydrogen-bond acceptors (Lipinski definition) is 0. The predicted molar refractivity (Wildman–Crippen MR) is 132 cm³/mol. The fourth-order valence-electron chi connectivity index (χ4n) is 3.94. The lowest BCUT2D eigenvalue weighted by atomic mass is 9.95. The van der Waals surface area contributed by atoms with Crippen LogP contribution in [0.15, 0.2) is 91.8 Å². The van der Waals surface area contributed by atoms with Crippen molar-refractivity contribution in [3.8, 4) is 28.7 Å². The summed E-state index contributed by atoms with van der Waals surface area (Å²) in [5.74, 6) is 6.13. The molecule has 4 rings (SSSR count). The number of rotatable bonds is 6. The maximum atomic E-state index is 13.6. The van der Waals surface area contributed by atoms with Crippen LogP contribution in [0.4, 0.5) is 4.39 Å². The van der Waals surface area contributed by atoms with E-state index in [4.69, 9.17) is 0 Å². The van der Waals surface area contributed by atoms with Gasteiger partial charge in [0, 0.05) is 23.6 Å². The summed E-state index contributed by atoms with van der Waals surface area (Å²) in [7, 11) is 0. The second-order valence-electron chi connectivity index (χ2n) is 7.98. The molecule has 0 radical (unpaired) electrons. The second kappa shape index (κ2) is 9.54. The standard InChI is InChI=1S/C30H26FN/c1-4-8-26-20-32(28-17-15-24(16-18-28)22(2)3)21-30(26)29-12-6-5-10-25(29)14-13-23-9-7-11-27(31)19-23/h5-7,9-12,15-21H,2,13-14H2,1,3H3. The topological polar surface area (TPSA) is 4.93 Å². The Kier molecular flexibility index (Phi) is 6.38. The smallest absolute Gasteiger partial charge is 0.123 e. The highest BCUT2D eigenvalue weighted by molar-refractivity contribution is 5.74. The Labute approximate surface area is 189 Å². The molecule has 0 N–H and O–H groups in total. The average molecular weight is 420 g/mol. The first-order chi connectivity index (χ1) is 15.5. The fourth-order valence-corrected chi connectivity index (χ4v) is 3.94. The number of allylic oxidation sites excluding steroid dienone is 1. The Morgan fingerprint density at radius 1 is 0.906 bits per heavy atom. The SMILES string of the molecule is C=C(C)c1ccc(-n2cc(C#CC)c(-c3ccccc3CCc3cccc(F)c3)c2)cc1. The normalized spacial score (nSPS) is 10.5. The summed E-state index contributed by atoms with van der Waals surface area (Å²) in [4.78, 5) is 0. The van der Waals surface area contributed by atoms with Crippen molar-refractivity contribution in [3.05, 3.63) is 120 Å². The molecule has 2 heteroatoms. The van der Waals surface area contributed by atoms with E-state index in [-0.39, 0.29) is 5.82 Å². The largest absolute Gasteiger partial charge is 0.322 e. The van der Waals surface area contributed by atoms with Crippen LogP contribution in [-0.4, -0.2) is 4.57 Å². The van der Waals surface area contributed by atoms with Gasteiger partial charge in [0.25, 0.3) is 0 Å². The van der Waals surface area contributed by atoms with Gasteiger partial charge in [-0.1, -0.05) is 66.6 Å². The van der Waals surface area contributed by atoms with Crippen molar-refractivity contribution in [2.75, 3.05) is 0 Å². The number of aryl methyl sites for hydroxylation is 2. The van der Waals surface area contributed by atoms with E-state index >= 15 is 0 Å². The van der Waals surface area contributed by atoms with E-state index in [2.05, 4.69) is 83.9 Å². The predicted octanol–water partition coefficient (Wildman–Crippen LogP) is 7.47. The van der Waals surface area contributed by atoms with Gasteiger partial charge in [-0.05, 0) is 73.2 Å². The van der Waals surface area contributed by atoms with Gasteiger partial charge in [0.2, 0.25) is 0 Å². The van der Waals surface area contributed by atoms with Crippen molar-refractivity contribution in [1.29, 1.82) is 0 Å². The summed E-state index contributed by atoms with van der Waals surface area (Å²) < 4.78 is 15.7. The van der Waals surface area contributed by atoms with Crippen molar-refractivity contribution in [3.63, 3.8) is 0 Å². The highest BCUT2D eigenvalue weighted by Gasteiger charge is 2.13. The van der Waals surface area contributed by atoms with Crippen LogP contribution >= 0.6 is 0 Å². The lowest BCUT2D eigenvalue weighted by Crippen LogP contribution is -1.95. The third-order valence-electron chi connectivity index (χ3n) is 5.62. The Morgan fingerprint density at radius 2 is 1.69 bits per heavy atom. The van der Waals surface area contributed by atoms with Crippen molar-refractivity contribution in [1.82, 2.24) is 4.57 Å². The van der Waals surface area contributed by atoms with Crippen molar-refractivity contribution in [2.45, 2.75) is 26.7 Å². The third kappa shape index (κ3) is 4.74. The molecule has 0 amide bonds. The summed E-state index contributed by atoms with van der Waals surface area (Å²) >= 11 is 0. The van der Waals surface area contributed by atoms with Gasteiger partial charge < -0.3 is 4.57 Å². The summed E-state index contributed by atoms with van der Waals surface area (Å²) in [6, 6.07) is 23.6. The van der Waals surface area contributed by atoms with Crippen molar-refractivity contribution in [2.24, 2.45) is 0 Å². The van der Waals surface area contributed by atoms with E-state index in [1.54, 1.807) is 12.1 Å². The molecule has 4 aromatic rings. The average Bonchev–Trinajstić information content (AvgIpc) is 3.22. The Morgan fingerprint density at radius 3 is 2.41 bits per heavy atom. The van der Waals surface area contributed by atoms with Gasteiger partial charge in [0.15, 0.2) is 0 Å². The van der Waals surface area contributed by atoms with Gasteiger partial charge >= 0.3 is 0 Å². The molecule has 0 atom stereocenters. The van der Waals surface area contributed by atoms with Crippen LogP contribution in [0.5, 0.6) is 0 Å². The quantitative estimate of drug-likeness (QED) is 0.286. The molecule has 32 heavy (non-hydrogen) atoms. The molecule has 1 aromatic heterocycles. The number of benzene rings is 3. The third-order valence-corrected chi connectivity index (χ3v) is 5.62. The zero-order valence-electron chi connectivity index (χ0n) is 18.5. The molecule has 0 bridgehead atoms. The van der Waals surface area contributed by atoms with Gasteiger partial charge in [0.1, 0.15) is 5.82 Å². The minimum Gasteiger partial charge on any atom is -0.322 e. The van der Waals surface area contributed by atoms with Gasteiger partial charge in [-0.3, -0.25) is 0 Å². The molecule has 1 nitrogen and oxygen atoms in total. The lowest BCUT2D eigenvalue weighted by molar-refractivity contribution is 0.625. The van der Waals surface area contributed by atoms with Crippen molar-refractivity contribution >= 4 is 5.57 Å². The minimum atomic E-state index is -0.189. The van der Waals surface area contributed by atoms with Crippen LogP contribution in [0.1, 0.15) is 36.1 Å². The Hall–Kier alpha value is -3.83. The molecule has 0 aliphatic heterocycles. The number of aromatic nitrogens is 1. The monoisotopic (exact) mass is 419 g/mol. The molecule has 3 aromatic carbocycles. The van der Waals surface area contributed by atoms with Gasteiger partial charge in [-0.2, -0.15) is 0 Å². The molecular weight excluding hydrogens is 393 g/mol. The van der Waals surface area contributed by atoms with E-state index in [0.717, 1.165) is 46.4 Å². The van der Waals surface area contributed by atoms with Crippen LogP contribution in [0, 0.1) is 17.7 Å². The van der Waals surface area contributed by atoms with Crippen LogP contribution in [0.25, 0.3) is 22.4 Å². The molecular formula is C30H26FN. The van der Waals surface area contributed by atoms with E-state index in [1.165, 1.54) is 17.2 Å². The molecule has 1 heterocycles. The van der Waals surface area contributed by atoms with Gasteiger partial charge in [-0.15, -0.1) is 5.92 Å². The molecule has 0 aliphatic rings. The Bertz CT molecular complexity index is 1310. The zero-order valence-corrected chi connectivity index (χ0v) is 18.5. The summed E-state index contributed by atoms with van der Waals surface area (Å²) in [5.41, 5.74) is 8.77. The van der Waals surface area contributed by atoms with Gasteiger partial charge in [-0.25, -0.2) is 4.39 Å². The van der Waals surface area contributed by atoms with E-state index < -0.39 is 0 Å². The molecule has 158 valence electrons. The van der Waals surface area contributed by atoms with E-state index in [9.17, 15) is 4.39 Å².